The van der Waals surface area contributed by atoms with Crippen LogP contribution in [-0.2, 0) is 0 Å². The van der Waals surface area contributed by atoms with Crippen LogP contribution >= 0.6 is 12.2 Å². The van der Waals surface area contributed by atoms with Gasteiger partial charge >= 0.3 is 0 Å². The van der Waals surface area contributed by atoms with Gasteiger partial charge in [-0.05, 0) is 61.1 Å². The fourth-order valence-electron chi connectivity index (χ4n) is 4.06. The van der Waals surface area contributed by atoms with Crippen LogP contribution in [-0.4, -0.2) is 22.4 Å². The minimum atomic E-state index is -0.481. The number of anilines is 1. The molecule has 9 heteroatoms. The molecule has 35 heavy (non-hydrogen) atoms. The number of nitrogens with one attached hydrogen (secondary N) is 1. The van der Waals surface area contributed by atoms with Crippen LogP contribution in [0.3, 0.4) is 0 Å². The number of allylic oxidation sites excluding steroid dienone is 1. The first-order valence-corrected chi connectivity index (χ1v) is 11.2. The van der Waals surface area contributed by atoms with Crippen molar-refractivity contribution in [1.82, 2.24) is 15.5 Å². The number of methoxy groups -OCH3 is 1. The minimum absolute atomic E-state index is 0.235. The third-order valence-corrected chi connectivity index (χ3v) is 6.04. The molecule has 1 N–H and O–H groups in total. The maximum atomic E-state index is 13.8. The van der Waals surface area contributed by atoms with Crippen molar-refractivity contribution < 1.29 is 18.0 Å². The average molecular weight is 491 g/mol. The van der Waals surface area contributed by atoms with Crippen LogP contribution in [0.1, 0.15) is 24.4 Å². The van der Waals surface area contributed by atoms with Crippen LogP contribution in [0, 0.1) is 11.6 Å². The summed E-state index contributed by atoms with van der Waals surface area (Å²) in [6.45, 7) is 1.89. The zero-order valence-electron chi connectivity index (χ0n) is 18.8. The first-order valence-electron chi connectivity index (χ1n) is 10.8. The first-order chi connectivity index (χ1) is 16.9. The van der Waals surface area contributed by atoms with Crippen molar-refractivity contribution in [2.75, 3.05) is 12.0 Å². The molecule has 176 valence electrons. The second-order valence-electron chi connectivity index (χ2n) is 7.90. The highest BCUT2D eigenvalue weighted by Gasteiger charge is 2.35. The third kappa shape index (κ3) is 4.38. The van der Waals surface area contributed by atoms with E-state index in [0.29, 0.717) is 22.0 Å². The summed E-state index contributed by atoms with van der Waals surface area (Å²) >= 11 is 5.73. The Morgan fingerprint density at radius 2 is 1.77 bits per heavy atom. The van der Waals surface area contributed by atoms with Gasteiger partial charge in [0.05, 0.1) is 24.4 Å². The van der Waals surface area contributed by atoms with Gasteiger partial charge in [-0.25, -0.2) is 8.78 Å². The zero-order chi connectivity index (χ0) is 24.5. The number of halogens is 2. The number of hydrogen-bond acceptors (Lipinski definition) is 5. The minimum Gasteiger partial charge on any atom is -0.497 e. The lowest BCUT2D eigenvalue weighted by atomic mass is 9.94. The van der Waals surface area contributed by atoms with E-state index in [4.69, 9.17) is 21.5 Å². The average Bonchev–Trinajstić information content (AvgIpc) is 3.34. The molecule has 5 rings (SSSR count). The van der Waals surface area contributed by atoms with E-state index in [1.165, 1.54) is 24.3 Å². The molecule has 0 aliphatic carbocycles. The van der Waals surface area contributed by atoms with E-state index in [2.05, 4.69) is 15.5 Å². The topological polar surface area (TPSA) is 63.4 Å². The largest absolute Gasteiger partial charge is 0.497 e. The van der Waals surface area contributed by atoms with Gasteiger partial charge in [0.1, 0.15) is 17.4 Å². The highest BCUT2D eigenvalue weighted by Crippen LogP contribution is 2.39. The molecule has 0 saturated heterocycles. The Morgan fingerprint density at radius 1 is 1.00 bits per heavy atom. The Balaban J connectivity index is 1.66. The molecular weight excluding hydrogens is 470 g/mol. The van der Waals surface area contributed by atoms with E-state index >= 15 is 0 Å². The Kier molecular flexibility index (Phi) is 6.00. The number of aromatic nitrogens is 2. The lowest BCUT2D eigenvalue weighted by Gasteiger charge is -2.37. The molecule has 1 aromatic heterocycles. The Bertz CT molecular complexity index is 1440. The molecule has 1 aliphatic rings. The van der Waals surface area contributed by atoms with Crippen LogP contribution in [0.4, 0.5) is 14.5 Å². The predicted molar refractivity (Wildman–Crippen MR) is 133 cm³/mol. The van der Waals surface area contributed by atoms with Gasteiger partial charge in [0.15, 0.2) is 5.11 Å². The van der Waals surface area contributed by atoms with Gasteiger partial charge in [0.2, 0.25) is 5.82 Å². The van der Waals surface area contributed by atoms with Gasteiger partial charge in [-0.2, -0.15) is 4.98 Å². The van der Waals surface area contributed by atoms with E-state index in [9.17, 15) is 8.78 Å². The molecule has 1 aliphatic heterocycles. The summed E-state index contributed by atoms with van der Waals surface area (Å²) in [6, 6.07) is 19.1. The number of thiocarbonyl (C=S) groups is 1. The van der Waals surface area contributed by atoms with Crippen LogP contribution in [0.2, 0.25) is 0 Å². The van der Waals surface area contributed by atoms with Crippen molar-refractivity contribution >= 4 is 28.6 Å². The van der Waals surface area contributed by atoms with Crippen molar-refractivity contribution in [2.45, 2.75) is 13.0 Å². The van der Waals surface area contributed by atoms with E-state index in [0.717, 1.165) is 16.9 Å². The van der Waals surface area contributed by atoms with Crippen LogP contribution in [0.25, 0.3) is 17.0 Å². The van der Waals surface area contributed by atoms with Gasteiger partial charge in [0, 0.05) is 17.3 Å². The Hall–Kier alpha value is -4.11. The smallest absolute Gasteiger partial charge is 0.258 e. The summed E-state index contributed by atoms with van der Waals surface area (Å²) in [5.74, 6) is 0.407. The van der Waals surface area contributed by atoms with Crippen molar-refractivity contribution in [3.63, 3.8) is 0 Å². The summed E-state index contributed by atoms with van der Waals surface area (Å²) in [6.07, 6.45) is 0. The first kappa shape index (κ1) is 22.7. The van der Waals surface area contributed by atoms with Crippen molar-refractivity contribution in [2.24, 2.45) is 0 Å². The molecule has 2 heterocycles. The number of rotatable bonds is 5. The van der Waals surface area contributed by atoms with Gasteiger partial charge in [0.25, 0.3) is 5.89 Å². The molecule has 0 saturated carbocycles. The lowest BCUT2D eigenvalue weighted by molar-refractivity contribution is 0.404. The molecule has 6 nitrogen and oxygen atoms in total. The summed E-state index contributed by atoms with van der Waals surface area (Å²) in [4.78, 5) is 6.41. The molecule has 3 aromatic carbocycles. The molecule has 1 atom stereocenters. The standard InChI is InChI=1S/C26H20F2N4O2S/c1-15-22(25-30-24(31-34-25)17-5-3-6-19(28)13-17)23(16-9-11-18(27)12-10-16)29-26(35)32(15)20-7-4-8-21(14-20)33-2/h3-14,23H,1-2H3,(H,29,35). The summed E-state index contributed by atoms with van der Waals surface area (Å²) in [5.41, 5.74) is 3.42. The van der Waals surface area contributed by atoms with Crippen LogP contribution in [0.5, 0.6) is 5.75 Å². The number of benzene rings is 3. The van der Waals surface area contributed by atoms with E-state index < -0.39 is 11.9 Å². The number of nitrogens with zero attached hydrogens (tertiary/aromatic N) is 3. The second kappa shape index (κ2) is 9.27. The molecule has 0 amide bonds. The third-order valence-electron chi connectivity index (χ3n) is 5.74. The summed E-state index contributed by atoms with van der Waals surface area (Å²) < 4.78 is 38.5. The molecule has 0 radical (unpaired) electrons. The lowest BCUT2D eigenvalue weighted by Crippen LogP contribution is -2.46. The van der Waals surface area contributed by atoms with Crippen molar-refractivity contribution in [3.05, 3.63) is 102 Å². The fraction of sp³-hybridized carbons (Fsp3) is 0.115. The van der Waals surface area contributed by atoms with Crippen LogP contribution in [0.15, 0.2) is 83.0 Å². The molecule has 0 bridgehead atoms. The maximum absolute atomic E-state index is 13.8. The van der Waals surface area contributed by atoms with Gasteiger partial charge < -0.3 is 14.6 Å². The highest BCUT2D eigenvalue weighted by atomic mass is 32.1. The molecular formula is C26H20F2N4O2S. The zero-order valence-corrected chi connectivity index (χ0v) is 19.6. The molecule has 1 unspecified atom stereocenters. The van der Waals surface area contributed by atoms with Crippen LogP contribution < -0.4 is 15.0 Å². The summed E-state index contributed by atoms with van der Waals surface area (Å²) in [5, 5.41) is 7.84. The molecule has 0 spiro atoms. The predicted octanol–water partition coefficient (Wildman–Crippen LogP) is 5.89. The maximum Gasteiger partial charge on any atom is 0.258 e. The van der Waals surface area contributed by atoms with Gasteiger partial charge in [-0.1, -0.05) is 35.5 Å². The molecule has 4 aromatic rings. The van der Waals surface area contributed by atoms with E-state index in [1.807, 2.05) is 36.1 Å². The van der Waals surface area contributed by atoms with Crippen molar-refractivity contribution in [1.29, 1.82) is 0 Å². The van der Waals surface area contributed by atoms with E-state index in [1.54, 1.807) is 31.4 Å². The van der Waals surface area contributed by atoms with Crippen molar-refractivity contribution in [3.8, 4) is 17.1 Å². The Morgan fingerprint density at radius 3 is 2.51 bits per heavy atom. The monoisotopic (exact) mass is 490 g/mol. The van der Waals surface area contributed by atoms with Gasteiger partial charge in [-0.15, -0.1) is 0 Å². The second-order valence-corrected chi connectivity index (χ2v) is 8.29. The molecule has 0 fully saturated rings. The number of hydrogen-bond donors (Lipinski definition) is 1. The fourth-order valence-corrected chi connectivity index (χ4v) is 4.42. The van der Waals surface area contributed by atoms with Gasteiger partial charge in [-0.3, -0.25) is 4.90 Å². The SMILES string of the molecule is COc1cccc(N2C(=S)NC(c3ccc(F)cc3)C(c3nc(-c4cccc(F)c4)no3)=C2C)c1. The number of ether oxygens (including phenoxy) is 1. The summed E-state index contributed by atoms with van der Waals surface area (Å²) in [7, 11) is 1.59. The normalized spacial score (nSPS) is 15.8. The highest BCUT2D eigenvalue weighted by molar-refractivity contribution is 7.80. The Labute approximate surface area is 205 Å². The van der Waals surface area contributed by atoms with E-state index in [-0.39, 0.29) is 17.5 Å². The quantitative estimate of drug-likeness (QED) is 0.350.